The highest BCUT2D eigenvalue weighted by atomic mass is 79.9. The van der Waals surface area contributed by atoms with Gasteiger partial charge in [0.25, 0.3) is 5.91 Å². The number of benzene rings is 1. The molecule has 0 saturated carbocycles. The normalized spacial score (nSPS) is 10.5. The Morgan fingerprint density at radius 2 is 1.90 bits per heavy atom. The lowest BCUT2D eigenvalue weighted by molar-refractivity contribution is 0.0698. The second-order valence-electron chi connectivity index (χ2n) is 4.11. The lowest BCUT2D eigenvalue weighted by Crippen LogP contribution is -2.14. The molecule has 1 amide bonds. The Labute approximate surface area is 142 Å². The number of amides is 1. The zero-order valence-electron chi connectivity index (χ0n) is 10.5. The summed E-state index contributed by atoms with van der Waals surface area (Å²) in [6.07, 6.45) is 0. The van der Waals surface area contributed by atoms with Crippen molar-refractivity contribution in [3.63, 3.8) is 0 Å². The Balaban J connectivity index is 2.41. The number of hydrogen-bond acceptors (Lipinski definition) is 3. The molecule has 0 aliphatic carbocycles. The van der Waals surface area contributed by atoms with Crippen LogP contribution in [0.15, 0.2) is 22.0 Å². The third-order valence-electron chi connectivity index (χ3n) is 2.64. The topological polar surface area (TPSA) is 66.4 Å². The molecule has 21 heavy (non-hydrogen) atoms. The van der Waals surface area contributed by atoms with Crippen LogP contribution in [0.2, 0.25) is 10.0 Å². The van der Waals surface area contributed by atoms with Crippen molar-refractivity contribution < 1.29 is 14.7 Å². The van der Waals surface area contributed by atoms with Gasteiger partial charge in [-0.1, -0.05) is 23.2 Å². The van der Waals surface area contributed by atoms with Crippen LogP contribution in [0, 0.1) is 6.92 Å². The quantitative estimate of drug-likeness (QED) is 0.744. The van der Waals surface area contributed by atoms with Gasteiger partial charge in [-0.3, -0.25) is 4.79 Å². The van der Waals surface area contributed by atoms with Crippen molar-refractivity contribution in [2.24, 2.45) is 0 Å². The van der Waals surface area contributed by atoms with Gasteiger partial charge in [0, 0.05) is 0 Å². The minimum atomic E-state index is -1.26. The lowest BCUT2D eigenvalue weighted by atomic mass is 10.1. The molecule has 0 saturated heterocycles. The maximum Gasteiger partial charge on any atom is 0.339 e. The van der Waals surface area contributed by atoms with E-state index in [-0.39, 0.29) is 21.3 Å². The van der Waals surface area contributed by atoms with Crippen molar-refractivity contribution in [3.05, 3.63) is 48.0 Å². The van der Waals surface area contributed by atoms with Crippen molar-refractivity contribution in [1.82, 2.24) is 0 Å². The third kappa shape index (κ3) is 3.40. The maximum atomic E-state index is 12.2. The zero-order chi connectivity index (χ0) is 15.7. The van der Waals surface area contributed by atoms with E-state index in [0.29, 0.717) is 4.88 Å². The summed E-state index contributed by atoms with van der Waals surface area (Å²) >= 11 is 16.4. The van der Waals surface area contributed by atoms with E-state index >= 15 is 0 Å². The number of thiophene rings is 1. The fourth-order valence-corrected chi connectivity index (χ4v) is 3.50. The second kappa shape index (κ2) is 6.36. The summed E-state index contributed by atoms with van der Waals surface area (Å²) in [7, 11) is 0. The van der Waals surface area contributed by atoms with Gasteiger partial charge >= 0.3 is 5.97 Å². The number of nitrogens with one attached hydrogen (secondary N) is 1. The molecule has 0 aliphatic rings. The number of anilines is 1. The number of halogens is 3. The van der Waals surface area contributed by atoms with Crippen LogP contribution in [0.3, 0.4) is 0 Å². The fraction of sp³-hybridized carbons (Fsp3) is 0.0769. The summed E-state index contributed by atoms with van der Waals surface area (Å²) in [6.45, 7) is 1.85. The van der Waals surface area contributed by atoms with Gasteiger partial charge in [0.2, 0.25) is 0 Å². The van der Waals surface area contributed by atoms with Crippen molar-refractivity contribution in [1.29, 1.82) is 0 Å². The Morgan fingerprint density at radius 1 is 1.29 bits per heavy atom. The fourth-order valence-electron chi connectivity index (χ4n) is 1.63. The molecule has 0 atom stereocenters. The number of carboxylic acids is 1. The number of aromatic carboxylic acids is 1. The monoisotopic (exact) mass is 407 g/mol. The van der Waals surface area contributed by atoms with Crippen molar-refractivity contribution in [2.45, 2.75) is 6.92 Å². The van der Waals surface area contributed by atoms with Crippen LogP contribution in [-0.4, -0.2) is 17.0 Å². The molecule has 0 bridgehead atoms. The minimum Gasteiger partial charge on any atom is -0.478 e. The molecule has 1 aromatic carbocycles. The number of hydrogen-bond donors (Lipinski definition) is 2. The van der Waals surface area contributed by atoms with Crippen molar-refractivity contribution >= 4 is 68.0 Å². The number of aryl methyl sites for hydroxylation is 1. The molecule has 110 valence electrons. The third-order valence-corrected chi connectivity index (χ3v) is 5.40. The Kier molecular flexibility index (Phi) is 4.93. The standard InChI is InChI=1S/C13H8BrCl2NO3S/c1-5-4-8(21-11(5)14)12(18)17-10-7(16)3-2-6(15)9(10)13(19)20/h2-4H,1H3,(H,17,18)(H,19,20). The second-order valence-corrected chi connectivity index (χ2v) is 7.29. The van der Waals surface area contributed by atoms with E-state index in [1.165, 1.54) is 23.5 Å². The summed E-state index contributed by atoms with van der Waals surface area (Å²) in [6, 6.07) is 4.50. The van der Waals surface area contributed by atoms with E-state index in [4.69, 9.17) is 23.2 Å². The van der Waals surface area contributed by atoms with Crippen LogP contribution < -0.4 is 5.32 Å². The highest BCUT2D eigenvalue weighted by Crippen LogP contribution is 2.33. The van der Waals surface area contributed by atoms with Gasteiger partial charge in [-0.05, 0) is 46.6 Å². The van der Waals surface area contributed by atoms with Crippen LogP contribution in [0.5, 0.6) is 0 Å². The van der Waals surface area contributed by atoms with E-state index in [1.54, 1.807) is 6.07 Å². The highest BCUT2D eigenvalue weighted by molar-refractivity contribution is 9.11. The van der Waals surface area contributed by atoms with Crippen LogP contribution >= 0.6 is 50.5 Å². The van der Waals surface area contributed by atoms with Gasteiger partial charge in [0.05, 0.1) is 24.4 Å². The molecular weight excluding hydrogens is 401 g/mol. The van der Waals surface area contributed by atoms with Crippen molar-refractivity contribution in [3.8, 4) is 0 Å². The Morgan fingerprint density at radius 3 is 2.43 bits per heavy atom. The highest BCUT2D eigenvalue weighted by Gasteiger charge is 2.21. The van der Waals surface area contributed by atoms with Gasteiger partial charge in [0.1, 0.15) is 5.56 Å². The van der Waals surface area contributed by atoms with Gasteiger partial charge < -0.3 is 10.4 Å². The predicted molar refractivity (Wildman–Crippen MR) is 88.1 cm³/mol. The molecular formula is C13H8BrCl2NO3S. The number of carbonyl (C=O) groups excluding carboxylic acids is 1. The van der Waals surface area contributed by atoms with E-state index in [1.807, 2.05) is 6.92 Å². The summed E-state index contributed by atoms with van der Waals surface area (Å²) < 4.78 is 0.836. The maximum absolute atomic E-state index is 12.2. The molecule has 2 N–H and O–H groups in total. The molecule has 0 spiro atoms. The van der Waals surface area contributed by atoms with Gasteiger partial charge in [0.15, 0.2) is 0 Å². The van der Waals surface area contributed by atoms with E-state index in [2.05, 4.69) is 21.2 Å². The van der Waals surface area contributed by atoms with Crippen LogP contribution in [0.4, 0.5) is 5.69 Å². The zero-order valence-corrected chi connectivity index (χ0v) is 14.5. The molecule has 0 unspecified atom stereocenters. The first-order chi connectivity index (χ1) is 9.81. The van der Waals surface area contributed by atoms with Gasteiger partial charge in [-0.2, -0.15) is 0 Å². The summed E-state index contributed by atoms with van der Waals surface area (Å²) in [5, 5.41) is 11.8. The molecule has 0 radical (unpaired) electrons. The summed E-state index contributed by atoms with van der Waals surface area (Å²) in [5.41, 5.74) is 0.675. The van der Waals surface area contributed by atoms with Gasteiger partial charge in [-0.25, -0.2) is 4.79 Å². The first kappa shape index (κ1) is 16.3. The average molecular weight is 409 g/mol. The molecule has 0 aliphatic heterocycles. The molecule has 1 heterocycles. The summed E-state index contributed by atoms with van der Waals surface area (Å²) in [5.74, 6) is -1.71. The minimum absolute atomic E-state index is 0.00532. The predicted octanol–water partition coefficient (Wildman–Crippen LogP) is 5.08. The average Bonchev–Trinajstić information content (AvgIpc) is 2.73. The Bertz CT molecular complexity index is 726. The van der Waals surface area contributed by atoms with Crippen LogP contribution in [0.25, 0.3) is 0 Å². The number of rotatable bonds is 3. The molecule has 4 nitrogen and oxygen atoms in total. The SMILES string of the molecule is Cc1cc(C(=O)Nc2c(Cl)ccc(Cl)c2C(=O)O)sc1Br. The van der Waals surface area contributed by atoms with Crippen LogP contribution in [0.1, 0.15) is 25.6 Å². The molecule has 0 fully saturated rings. The molecule has 2 aromatic rings. The number of carbonyl (C=O) groups is 2. The van der Waals surface area contributed by atoms with Crippen molar-refractivity contribution in [2.75, 3.05) is 5.32 Å². The summed E-state index contributed by atoms with van der Waals surface area (Å²) in [4.78, 5) is 23.9. The van der Waals surface area contributed by atoms with E-state index in [9.17, 15) is 14.7 Å². The lowest BCUT2D eigenvalue weighted by Gasteiger charge is -2.11. The van der Waals surface area contributed by atoms with E-state index in [0.717, 1.165) is 9.35 Å². The molecule has 8 heteroatoms. The molecule has 1 aromatic heterocycles. The smallest absolute Gasteiger partial charge is 0.339 e. The number of carboxylic acid groups (broad SMARTS) is 1. The van der Waals surface area contributed by atoms with E-state index < -0.39 is 11.9 Å². The first-order valence-corrected chi connectivity index (χ1v) is 7.96. The first-order valence-electron chi connectivity index (χ1n) is 5.60. The van der Waals surface area contributed by atoms with Crippen LogP contribution in [-0.2, 0) is 0 Å². The Hall–Kier alpha value is -1.08. The largest absolute Gasteiger partial charge is 0.478 e. The molecule has 2 rings (SSSR count). The van der Waals surface area contributed by atoms with Gasteiger partial charge in [-0.15, -0.1) is 11.3 Å².